The van der Waals surface area contributed by atoms with Gasteiger partial charge in [0, 0.05) is 5.56 Å². The van der Waals surface area contributed by atoms with Gasteiger partial charge < -0.3 is 4.98 Å². The lowest BCUT2D eigenvalue weighted by Crippen LogP contribution is -2.12. The topological polar surface area (TPSA) is 45.8 Å². The van der Waals surface area contributed by atoms with Crippen LogP contribution in [0.15, 0.2) is 25.9 Å². The Morgan fingerprint density at radius 1 is 1.22 bits per heavy atom. The molecule has 1 N–H and O–H groups in total. The number of aromatic nitrogens is 2. The summed E-state index contributed by atoms with van der Waals surface area (Å²) in [5, 5.41) is 0. The maximum Gasteiger partial charge on any atom is 0.265 e. The zero-order valence-corrected chi connectivity index (χ0v) is 12.2. The molecule has 0 saturated carbocycles. The highest BCUT2D eigenvalue weighted by molar-refractivity contribution is 9.10. The van der Waals surface area contributed by atoms with Crippen molar-refractivity contribution in [3.05, 3.63) is 48.8 Å². The molecule has 18 heavy (non-hydrogen) atoms. The van der Waals surface area contributed by atoms with Crippen LogP contribution in [0.1, 0.15) is 5.69 Å². The fourth-order valence-electron chi connectivity index (χ4n) is 1.41. The third kappa shape index (κ3) is 2.24. The summed E-state index contributed by atoms with van der Waals surface area (Å²) < 4.78 is 26.6. The summed E-state index contributed by atoms with van der Waals surface area (Å²) in [5.74, 6) is -1.82. The number of benzene rings is 1. The van der Waals surface area contributed by atoms with Crippen molar-refractivity contribution < 1.29 is 8.78 Å². The van der Waals surface area contributed by atoms with Crippen LogP contribution in [0.25, 0.3) is 11.4 Å². The molecule has 0 aliphatic heterocycles. The molecule has 0 unspecified atom stereocenters. The third-order valence-corrected chi connectivity index (χ3v) is 4.03. The van der Waals surface area contributed by atoms with Gasteiger partial charge in [0.05, 0.1) is 10.2 Å². The molecule has 3 nitrogen and oxygen atoms in total. The van der Waals surface area contributed by atoms with E-state index < -0.39 is 11.6 Å². The molecule has 0 aliphatic carbocycles. The highest BCUT2D eigenvalue weighted by Crippen LogP contribution is 2.29. The van der Waals surface area contributed by atoms with Crippen molar-refractivity contribution in [1.82, 2.24) is 9.97 Å². The molecule has 2 rings (SSSR count). The van der Waals surface area contributed by atoms with Crippen LogP contribution in [0.3, 0.4) is 0 Å². The molecule has 0 bridgehead atoms. The van der Waals surface area contributed by atoms with Crippen molar-refractivity contribution >= 4 is 31.9 Å². The normalized spacial score (nSPS) is 10.7. The Morgan fingerprint density at radius 3 is 2.50 bits per heavy atom. The van der Waals surface area contributed by atoms with Crippen molar-refractivity contribution in [2.45, 2.75) is 6.92 Å². The zero-order valence-electron chi connectivity index (χ0n) is 9.02. The maximum absolute atomic E-state index is 13.4. The van der Waals surface area contributed by atoms with E-state index in [1.54, 1.807) is 6.92 Å². The second-order valence-corrected chi connectivity index (χ2v) is 5.12. The number of hydrogen-bond acceptors (Lipinski definition) is 2. The molecule has 0 spiro atoms. The number of aromatic amines is 1. The molecule has 0 saturated heterocycles. The Kier molecular flexibility index (Phi) is 3.63. The van der Waals surface area contributed by atoms with Gasteiger partial charge in [-0.15, -0.1) is 0 Å². The van der Waals surface area contributed by atoms with E-state index in [4.69, 9.17) is 0 Å². The first-order chi connectivity index (χ1) is 8.41. The molecule has 94 valence electrons. The molecular weight excluding hydrogens is 374 g/mol. The number of rotatable bonds is 1. The van der Waals surface area contributed by atoms with Crippen molar-refractivity contribution in [1.29, 1.82) is 0 Å². The minimum absolute atomic E-state index is 0.0765. The lowest BCUT2D eigenvalue weighted by atomic mass is 10.2. The van der Waals surface area contributed by atoms with Crippen LogP contribution < -0.4 is 5.56 Å². The predicted molar refractivity (Wildman–Crippen MR) is 70.3 cm³/mol. The molecule has 1 aromatic carbocycles. The summed E-state index contributed by atoms with van der Waals surface area (Å²) in [7, 11) is 0. The SMILES string of the molecule is Cc1nc(-c2ccc(F)c(F)c2Br)[nH]c(=O)c1Br. The molecule has 7 heteroatoms. The largest absolute Gasteiger partial charge is 0.305 e. The monoisotopic (exact) mass is 378 g/mol. The first-order valence-electron chi connectivity index (χ1n) is 4.82. The first kappa shape index (κ1) is 13.4. The highest BCUT2D eigenvalue weighted by atomic mass is 79.9. The average molecular weight is 380 g/mol. The molecule has 0 fully saturated rings. The number of halogens is 4. The molecule has 0 radical (unpaired) electrons. The molecule has 0 atom stereocenters. The van der Waals surface area contributed by atoms with Crippen LogP contribution >= 0.6 is 31.9 Å². The first-order valence-corrected chi connectivity index (χ1v) is 6.40. The van der Waals surface area contributed by atoms with E-state index in [2.05, 4.69) is 41.8 Å². The van der Waals surface area contributed by atoms with Gasteiger partial charge in [-0.05, 0) is 50.9 Å². The summed E-state index contributed by atoms with van der Waals surface area (Å²) in [4.78, 5) is 18.2. The minimum Gasteiger partial charge on any atom is -0.305 e. The Balaban J connectivity index is 2.70. The van der Waals surface area contributed by atoms with Crippen molar-refractivity contribution in [3.8, 4) is 11.4 Å². The Hall–Kier alpha value is -1.08. The molecular formula is C11H6Br2F2N2O. The molecule has 1 aromatic heterocycles. The molecule has 0 aliphatic rings. The number of H-pyrrole nitrogens is 1. The fraction of sp³-hybridized carbons (Fsp3) is 0.0909. The second kappa shape index (κ2) is 4.89. The van der Waals surface area contributed by atoms with Crippen LogP contribution in [0.2, 0.25) is 0 Å². The van der Waals surface area contributed by atoms with E-state index in [-0.39, 0.29) is 21.4 Å². The van der Waals surface area contributed by atoms with Gasteiger partial charge in [0.15, 0.2) is 11.6 Å². The zero-order chi connectivity index (χ0) is 13.4. The standard InChI is InChI=1S/C11H6Br2F2N2O/c1-4-7(12)11(18)17-10(16-4)5-2-3-6(14)9(15)8(5)13/h2-3H,1H3,(H,16,17,18). The van der Waals surface area contributed by atoms with E-state index in [9.17, 15) is 13.6 Å². The van der Waals surface area contributed by atoms with Crippen molar-refractivity contribution in [2.75, 3.05) is 0 Å². The summed E-state index contributed by atoms with van der Waals surface area (Å²) in [6.45, 7) is 1.64. The number of nitrogens with zero attached hydrogens (tertiary/aromatic N) is 1. The Labute approximate surface area is 118 Å². The summed E-state index contributed by atoms with van der Waals surface area (Å²) in [5.41, 5.74) is 0.362. The van der Waals surface area contributed by atoms with Crippen LogP contribution in [0.4, 0.5) is 8.78 Å². The molecule has 1 heterocycles. The predicted octanol–water partition coefficient (Wildman–Crippen LogP) is 3.55. The number of nitrogens with one attached hydrogen (secondary N) is 1. The van der Waals surface area contributed by atoms with Crippen LogP contribution in [-0.4, -0.2) is 9.97 Å². The molecule has 2 aromatic rings. The fourth-order valence-corrected chi connectivity index (χ4v) is 2.10. The quantitative estimate of drug-likeness (QED) is 0.770. The lowest BCUT2D eigenvalue weighted by molar-refractivity contribution is 0.504. The van der Waals surface area contributed by atoms with E-state index in [1.807, 2.05) is 0 Å². The number of hydrogen-bond donors (Lipinski definition) is 1. The van der Waals surface area contributed by atoms with Crippen LogP contribution in [-0.2, 0) is 0 Å². The Morgan fingerprint density at radius 2 is 1.89 bits per heavy atom. The minimum atomic E-state index is -1.02. The summed E-state index contributed by atoms with van der Waals surface area (Å²) in [6, 6.07) is 2.32. The van der Waals surface area contributed by atoms with Crippen LogP contribution in [0.5, 0.6) is 0 Å². The smallest absolute Gasteiger partial charge is 0.265 e. The van der Waals surface area contributed by atoms with Gasteiger partial charge >= 0.3 is 0 Å². The highest BCUT2D eigenvalue weighted by Gasteiger charge is 2.15. The van der Waals surface area contributed by atoms with E-state index in [0.717, 1.165) is 6.07 Å². The Bertz CT molecular complexity index is 685. The van der Waals surface area contributed by atoms with Gasteiger partial charge in [0.1, 0.15) is 10.3 Å². The number of aryl methyl sites for hydroxylation is 1. The van der Waals surface area contributed by atoms with Gasteiger partial charge in [-0.2, -0.15) is 0 Å². The van der Waals surface area contributed by atoms with Gasteiger partial charge in [0.25, 0.3) is 5.56 Å². The van der Waals surface area contributed by atoms with Gasteiger partial charge in [-0.3, -0.25) is 4.79 Å². The lowest BCUT2D eigenvalue weighted by Gasteiger charge is -2.07. The van der Waals surface area contributed by atoms with Crippen molar-refractivity contribution in [2.24, 2.45) is 0 Å². The summed E-state index contributed by atoms with van der Waals surface area (Å²) >= 11 is 6.02. The van der Waals surface area contributed by atoms with Crippen molar-refractivity contribution in [3.63, 3.8) is 0 Å². The second-order valence-electron chi connectivity index (χ2n) is 3.54. The third-order valence-electron chi connectivity index (χ3n) is 2.32. The maximum atomic E-state index is 13.4. The van der Waals surface area contributed by atoms with Gasteiger partial charge in [-0.25, -0.2) is 13.8 Å². The van der Waals surface area contributed by atoms with E-state index in [0.29, 0.717) is 10.2 Å². The summed E-state index contributed by atoms with van der Waals surface area (Å²) in [6.07, 6.45) is 0. The molecule has 0 amide bonds. The van der Waals surface area contributed by atoms with E-state index in [1.165, 1.54) is 6.07 Å². The van der Waals surface area contributed by atoms with Gasteiger partial charge in [-0.1, -0.05) is 0 Å². The average Bonchev–Trinajstić information content (AvgIpc) is 2.33. The van der Waals surface area contributed by atoms with Crippen LogP contribution in [0, 0.1) is 18.6 Å². The van der Waals surface area contributed by atoms with Gasteiger partial charge in [0.2, 0.25) is 0 Å². The van der Waals surface area contributed by atoms with E-state index >= 15 is 0 Å².